The molecule has 0 aromatic heterocycles. The minimum Gasteiger partial charge on any atom is -0.489 e. The van der Waals surface area contributed by atoms with Crippen molar-refractivity contribution in [3.05, 3.63) is 136 Å². The highest BCUT2D eigenvalue weighted by Gasteiger charge is 2.22. The topological polar surface area (TPSA) is 66.8 Å². The van der Waals surface area contributed by atoms with Crippen LogP contribution in [-0.4, -0.2) is 36.5 Å². The van der Waals surface area contributed by atoms with E-state index in [0.29, 0.717) is 24.3 Å². The third-order valence-electron chi connectivity index (χ3n) is 6.98. The number of hydrogen-bond donors (Lipinski definition) is 1. The Hall–Kier alpha value is -2.97. The summed E-state index contributed by atoms with van der Waals surface area (Å²) >= 11 is 3.69. The molecule has 4 aromatic carbocycles. The zero-order chi connectivity index (χ0) is 30.5. The van der Waals surface area contributed by atoms with Gasteiger partial charge in [0.05, 0.1) is 0 Å². The van der Waals surface area contributed by atoms with Gasteiger partial charge in [-0.1, -0.05) is 107 Å². The first kappa shape index (κ1) is 33.5. The molecular formula is C35H42BrNO4S. The zero-order valence-corrected chi connectivity index (χ0v) is 27.3. The Bertz CT molecular complexity index is 1440. The molecule has 0 aliphatic carbocycles. The van der Waals surface area contributed by atoms with E-state index in [1.54, 1.807) is 30.3 Å². The lowest BCUT2D eigenvalue weighted by molar-refractivity contribution is 0.170. The van der Waals surface area contributed by atoms with Crippen molar-refractivity contribution in [2.24, 2.45) is 0 Å². The highest BCUT2D eigenvalue weighted by atomic mass is 79.9. The average Bonchev–Trinajstić information content (AvgIpc) is 2.95. The van der Waals surface area contributed by atoms with Crippen molar-refractivity contribution in [3.8, 4) is 5.75 Å². The maximum absolute atomic E-state index is 10.4. The molecule has 0 amide bonds. The molecule has 0 radical (unpaired) electrons. The van der Waals surface area contributed by atoms with Gasteiger partial charge < -0.3 is 4.74 Å². The van der Waals surface area contributed by atoms with Gasteiger partial charge in [-0.05, 0) is 75.5 Å². The van der Waals surface area contributed by atoms with E-state index in [2.05, 4.69) is 121 Å². The minimum absolute atomic E-state index is 0.268. The van der Waals surface area contributed by atoms with Crippen LogP contribution in [0.4, 0.5) is 0 Å². The number of benzene rings is 4. The van der Waals surface area contributed by atoms with Crippen LogP contribution < -0.4 is 4.74 Å². The van der Waals surface area contributed by atoms with Crippen LogP contribution in [0.5, 0.6) is 5.75 Å². The maximum Gasteiger partial charge on any atom is 0.269 e. The van der Waals surface area contributed by atoms with Crippen molar-refractivity contribution in [2.45, 2.75) is 64.5 Å². The summed E-state index contributed by atoms with van der Waals surface area (Å²) < 4.78 is 36.6. The molecular weight excluding hydrogens is 610 g/mol. The molecule has 1 unspecified atom stereocenters. The summed E-state index contributed by atoms with van der Waals surface area (Å²) in [6.07, 6.45) is 1.04. The molecule has 5 nitrogen and oxygen atoms in total. The highest BCUT2D eigenvalue weighted by Crippen LogP contribution is 2.37. The second-order valence-corrected chi connectivity index (χ2v) is 13.2. The quantitative estimate of drug-likeness (QED) is 0.155. The van der Waals surface area contributed by atoms with E-state index in [-0.39, 0.29) is 11.7 Å². The molecule has 224 valence electrons. The number of hydrogen-bond acceptors (Lipinski definition) is 4. The van der Waals surface area contributed by atoms with E-state index in [0.717, 1.165) is 23.2 Å². The van der Waals surface area contributed by atoms with Gasteiger partial charge in [0.25, 0.3) is 10.1 Å². The van der Waals surface area contributed by atoms with Crippen LogP contribution in [0.2, 0.25) is 0 Å². The first-order valence-corrected chi connectivity index (χ1v) is 16.7. The molecule has 0 fully saturated rings. The third-order valence-corrected chi connectivity index (χ3v) is 8.17. The maximum atomic E-state index is 10.4. The Labute approximate surface area is 260 Å². The predicted octanol–water partition coefficient (Wildman–Crippen LogP) is 8.74. The lowest BCUT2D eigenvalue weighted by Gasteiger charge is -2.32. The SMILES string of the molecule is CC(C)N(CCC(c1ccccc1)c1cc(Br)ccc1OCc1ccccc1)C(C)C.O=S(=O)(O)Cc1ccccc1. The van der Waals surface area contributed by atoms with E-state index in [4.69, 9.17) is 9.29 Å². The first-order valence-electron chi connectivity index (χ1n) is 14.3. The van der Waals surface area contributed by atoms with Gasteiger partial charge >= 0.3 is 0 Å². The normalized spacial score (nSPS) is 12.2. The largest absolute Gasteiger partial charge is 0.489 e. The molecule has 7 heteroatoms. The van der Waals surface area contributed by atoms with Gasteiger partial charge in [0.2, 0.25) is 0 Å². The number of halogens is 1. The summed E-state index contributed by atoms with van der Waals surface area (Å²) in [7, 11) is -3.88. The molecule has 1 N–H and O–H groups in total. The molecule has 0 aliphatic rings. The van der Waals surface area contributed by atoms with Gasteiger partial charge in [-0.2, -0.15) is 8.42 Å². The molecule has 0 bridgehead atoms. The van der Waals surface area contributed by atoms with Crippen molar-refractivity contribution in [1.29, 1.82) is 0 Å². The second kappa shape index (κ2) is 16.6. The van der Waals surface area contributed by atoms with Gasteiger partial charge in [-0.15, -0.1) is 0 Å². The first-order chi connectivity index (χ1) is 20.0. The highest BCUT2D eigenvalue weighted by molar-refractivity contribution is 9.10. The smallest absolute Gasteiger partial charge is 0.269 e. The fourth-order valence-corrected chi connectivity index (χ4v) is 6.01. The van der Waals surface area contributed by atoms with Crippen LogP contribution in [0.15, 0.2) is 114 Å². The molecule has 0 aliphatic heterocycles. The van der Waals surface area contributed by atoms with E-state index in [1.807, 2.05) is 6.07 Å². The number of nitrogens with zero attached hydrogens (tertiary/aromatic N) is 1. The van der Waals surface area contributed by atoms with Crippen LogP contribution in [-0.2, 0) is 22.5 Å². The van der Waals surface area contributed by atoms with Gasteiger partial charge in [0.15, 0.2) is 0 Å². The summed E-state index contributed by atoms with van der Waals surface area (Å²) in [6, 6.07) is 37.2. The molecule has 42 heavy (non-hydrogen) atoms. The lowest BCUT2D eigenvalue weighted by Crippen LogP contribution is -2.38. The fraction of sp³-hybridized carbons (Fsp3) is 0.314. The third kappa shape index (κ3) is 11.4. The Kier molecular flexibility index (Phi) is 13.3. The van der Waals surface area contributed by atoms with E-state index in [1.165, 1.54) is 16.7 Å². The van der Waals surface area contributed by atoms with Crippen molar-refractivity contribution in [3.63, 3.8) is 0 Å². The number of ether oxygens (including phenoxy) is 1. The van der Waals surface area contributed by atoms with Crippen molar-refractivity contribution in [1.82, 2.24) is 4.90 Å². The van der Waals surface area contributed by atoms with Gasteiger partial charge in [-0.25, -0.2) is 0 Å². The summed E-state index contributed by atoms with van der Waals surface area (Å²) in [5, 5.41) is 0. The molecule has 1 atom stereocenters. The molecule has 0 saturated heterocycles. The zero-order valence-electron chi connectivity index (χ0n) is 24.9. The van der Waals surface area contributed by atoms with E-state index in [9.17, 15) is 8.42 Å². The Morgan fingerprint density at radius 1 is 0.762 bits per heavy atom. The Morgan fingerprint density at radius 3 is 1.81 bits per heavy atom. The summed E-state index contributed by atoms with van der Waals surface area (Å²) in [6.45, 7) is 10.7. The fourth-order valence-electron chi connectivity index (χ4n) is 5.02. The Balaban J connectivity index is 0.000000369. The lowest BCUT2D eigenvalue weighted by atomic mass is 9.87. The Morgan fingerprint density at radius 2 is 1.29 bits per heavy atom. The van der Waals surface area contributed by atoms with Crippen LogP contribution in [0.3, 0.4) is 0 Å². The van der Waals surface area contributed by atoms with Gasteiger partial charge in [0, 0.05) is 28.0 Å². The van der Waals surface area contributed by atoms with E-state index >= 15 is 0 Å². The minimum atomic E-state index is -3.88. The molecule has 4 rings (SSSR count). The van der Waals surface area contributed by atoms with Crippen LogP contribution >= 0.6 is 15.9 Å². The second-order valence-electron chi connectivity index (χ2n) is 10.8. The van der Waals surface area contributed by atoms with Crippen molar-refractivity contribution >= 4 is 26.0 Å². The molecule has 0 saturated carbocycles. The predicted molar refractivity (Wildman–Crippen MR) is 176 cm³/mol. The van der Waals surface area contributed by atoms with Crippen LogP contribution in [0.1, 0.15) is 62.3 Å². The molecule has 4 aromatic rings. The summed E-state index contributed by atoms with van der Waals surface area (Å²) in [5.41, 5.74) is 4.34. The van der Waals surface area contributed by atoms with E-state index < -0.39 is 10.1 Å². The number of rotatable bonds is 12. The molecule has 0 spiro atoms. The van der Waals surface area contributed by atoms with Crippen molar-refractivity contribution in [2.75, 3.05) is 6.54 Å². The monoisotopic (exact) mass is 651 g/mol. The molecule has 0 heterocycles. The average molecular weight is 653 g/mol. The van der Waals surface area contributed by atoms with Gasteiger partial charge in [0.1, 0.15) is 18.1 Å². The standard InChI is InChI=1S/C28H34BrNO.C7H8O3S/c1-21(2)30(22(3)4)18-17-26(24-13-9-6-10-14-24)27-19-25(29)15-16-28(27)31-20-23-11-7-5-8-12-23;8-11(9,10)6-7-4-2-1-3-5-7/h5-16,19,21-22,26H,17-18,20H2,1-4H3;1-5H,6H2,(H,8,9,10). The van der Waals surface area contributed by atoms with Gasteiger partial charge in [-0.3, -0.25) is 9.45 Å². The summed E-state index contributed by atoms with van der Waals surface area (Å²) in [4.78, 5) is 2.57. The summed E-state index contributed by atoms with van der Waals surface area (Å²) in [5.74, 6) is 0.916. The van der Waals surface area contributed by atoms with Crippen LogP contribution in [0.25, 0.3) is 0 Å². The van der Waals surface area contributed by atoms with Crippen LogP contribution in [0, 0.1) is 0 Å². The van der Waals surface area contributed by atoms with Crippen molar-refractivity contribution < 1.29 is 17.7 Å².